The maximum absolute atomic E-state index is 12.4. The molecule has 1 aromatic carbocycles. The number of hydrogen-bond acceptors (Lipinski definition) is 3. The molecule has 0 aromatic heterocycles. The first-order valence-electron chi connectivity index (χ1n) is 11.2. The van der Waals surface area contributed by atoms with Crippen LogP contribution in [-0.2, 0) is 11.2 Å². The number of aliphatic hydroxyl groups excluding tert-OH is 1. The molecule has 29 heavy (non-hydrogen) atoms. The summed E-state index contributed by atoms with van der Waals surface area (Å²) in [5, 5.41) is 10.5. The minimum absolute atomic E-state index is 0.115. The van der Waals surface area contributed by atoms with Crippen LogP contribution in [0.4, 0.5) is 0 Å². The number of carbonyl (C=O) groups excluding carboxylic acids is 1. The second-order valence-electron chi connectivity index (χ2n) is 9.34. The van der Waals surface area contributed by atoms with E-state index in [9.17, 15) is 9.90 Å². The van der Waals surface area contributed by atoms with Gasteiger partial charge in [-0.15, -0.1) is 0 Å². The predicted molar refractivity (Wildman–Crippen MR) is 120 cm³/mol. The van der Waals surface area contributed by atoms with Crippen LogP contribution in [-0.4, -0.2) is 42.5 Å². The van der Waals surface area contributed by atoms with Crippen LogP contribution in [0.1, 0.15) is 49.7 Å². The summed E-state index contributed by atoms with van der Waals surface area (Å²) in [5.74, 6) is 1.20. The highest BCUT2D eigenvalue weighted by molar-refractivity contribution is 5.91. The second-order valence-corrected chi connectivity index (χ2v) is 9.34. The molecule has 0 heterocycles. The van der Waals surface area contributed by atoms with Gasteiger partial charge in [0, 0.05) is 12.3 Å². The number of benzene rings is 1. The maximum atomic E-state index is 12.4. The van der Waals surface area contributed by atoms with Gasteiger partial charge in [-0.1, -0.05) is 54.0 Å². The third-order valence-corrected chi connectivity index (χ3v) is 6.52. The lowest BCUT2D eigenvalue weighted by Gasteiger charge is -2.18. The summed E-state index contributed by atoms with van der Waals surface area (Å²) in [5.41, 5.74) is 3.81. The minimum atomic E-state index is -0.314. The van der Waals surface area contributed by atoms with Gasteiger partial charge in [0.1, 0.15) is 0 Å². The standard InChI is InChI=1S/C26H37NO2/c1-19-8-7-10-20(14-19)16-23(28)11-12-24-25-17-21(15-22(25)18-26(24)29)9-5-4-6-13-27(2)3/h7-8,10-12,14-15,22,24-26,29H,4-6,9,13,16-18H2,1-3H3/b12-11+/t22-,24+,25-,26+/m0/s1. The van der Waals surface area contributed by atoms with Crippen LogP contribution in [0, 0.1) is 24.7 Å². The Morgan fingerprint density at radius 2 is 2.07 bits per heavy atom. The average Bonchev–Trinajstić information content (AvgIpc) is 3.16. The average molecular weight is 396 g/mol. The van der Waals surface area contributed by atoms with Crippen molar-refractivity contribution in [2.75, 3.05) is 20.6 Å². The van der Waals surface area contributed by atoms with Crippen LogP contribution in [0.5, 0.6) is 0 Å². The zero-order valence-corrected chi connectivity index (χ0v) is 18.3. The van der Waals surface area contributed by atoms with Gasteiger partial charge in [-0.05, 0) is 83.1 Å². The highest BCUT2D eigenvalue weighted by Crippen LogP contribution is 2.48. The Morgan fingerprint density at radius 3 is 2.83 bits per heavy atom. The molecule has 0 aliphatic heterocycles. The smallest absolute Gasteiger partial charge is 0.159 e. The molecule has 0 unspecified atom stereocenters. The molecule has 4 atom stereocenters. The number of fused-ring (bicyclic) bond motifs is 1. The first-order chi connectivity index (χ1) is 13.9. The molecule has 3 heteroatoms. The zero-order chi connectivity index (χ0) is 20.8. The fourth-order valence-electron chi connectivity index (χ4n) is 5.05. The maximum Gasteiger partial charge on any atom is 0.159 e. The number of ketones is 1. The molecule has 0 radical (unpaired) electrons. The van der Waals surface area contributed by atoms with Gasteiger partial charge < -0.3 is 10.0 Å². The fourth-order valence-corrected chi connectivity index (χ4v) is 5.05. The highest BCUT2D eigenvalue weighted by Gasteiger charge is 2.43. The van der Waals surface area contributed by atoms with Crippen LogP contribution in [0.25, 0.3) is 0 Å². The summed E-state index contributed by atoms with van der Waals surface area (Å²) in [6.07, 6.45) is 13.2. The third-order valence-electron chi connectivity index (χ3n) is 6.52. The summed E-state index contributed by atoms with van der Waals surface area (Å²) in [4.78, 5) is 14.7. The molecular weight excluding hydrogens is 358 g/mol. The Hall–Kier alpha value is -1.71. The first-order valence-corrected chi connectivity index (χ1v) is 11.2. The Balaban J connectivity index is 1.47. The normalized spacial score (nSPS) is 26.3. The van der Waals surface area contributed by atoms with Gasteiger partial charge >= 0.3 is 0 Å². The molecule has 0 spiro atoms. The largest absolute Gasteiger partial charge is 0.392 e. The molecular formula is C26H37NO2. The lowest BCUT2D eigenvalue weighted by Crippen LogP contribution is -2.17. The zero-order valence-electron chi connectivity index (χ0n) is 18.3. The second kappa shape index (κ2) is 10.4. The molecule has 2 aliphatic carbocycles. The quantitative estimate of drug-likeness (QED) is 0.354. The molecule has 0 bridgehead atoms. The number of rotatable bonds is 10. The number of hydrogen-bond donors (Lipinski definition) is 1. The highest BCUT2D eigenvalue weighted by atomic mass is 16.3. The van der Waals surface area contributed by atoms with Crippen molar-refractivity contribution in [2.45, 2.75) is 58.0 Å². The van der Waals surface area contributed by atoms with Crippen molar-refractivity contribution in [1.29, 1.82) is 0 Å². The van der Waals surface area contributed by atoms with E-state index < -0.39 is 0 Å². The van der Waals surface area contributed by atoms with E-state index in [0.29, 0.717) is 18.3 Å². The molecule has 0 saturated heterocycles. The molecule has 158 valence electrons. The van der Waals surface area contributed by atoms with E-state index in [2.05, 4.69) is 31.1 Å². The molecule has 1 aromatic rings. The van der Waals surface area contributed by atoms with E-state index in [1.54, 1.807) is 11.6 Å². The van der Waals surface area contributed by atoms with Crippen molar-refractivity contribution in [1.82, 2.24) is 4.90 Å². The van der Waals surface area contributed by atoms with Gasteiger partial charge in [-0.2, -0.15) is 0 Å². The van der Waals surface area contributed by atoms with E-state index in [0.717, 1.165) is 18.4 Å². The van der Waals surface area contributed by atoms with E-state index >= 15 is 0 Å². The lowest BCUT2D eigenvalue weighted by atomic mass is 9.88. The van der Waals surface area contributed by atoms with Gasteiger partial charge in [0.05, 0.1) is 6.10 Å². The fraction of sp³-hybridized carbons (Fsp3) is 0.577. The lowest BCUT2D eigenvalue weighted by molar-refractivity contribution is -0.114. The van der Waals surface area contributed by atoms with Crippen molar-refractivity contribution in [2.24, 2.45) is 17.8 Å². The number of aliphatic hydroxyl groups is 1. The Kier molecular flexibility index (Phi) is 7.85. The van der Waals surface area contributed by atoms with E-state index in [1.165, 1.54) is 37.8 Å². The summed E-state index contributed by atoms with van der Waals surface area (Å²) < 4.78 is 0. The van der Waals surface area contributed by atoms with Crippen molar-refractivity contribution in [3.63, 3.8) is 0 Å². The van der Waals surface area contributed by atoms with Crippen molar-refractivity contribution in [3.8, 4) is 0 Å². The Labute approximate surface area is 176 Å². The van der Waals surface area contributed by atoms with Crippen molar-refractivity contribution >= 4 is 5.78 Å². The van der Waals surface area contributed by atoms with E-state index in [4.69, 9.17) is 0 Å². The molecule has 1 saturated carbocycles. The molecule has 0 amide bonds. The van der Waals surface area contributed by atoms with Crippen LogP contribution in [0.15, 0.2) is 48.1 Å². The van der Waals surface area contributed by atoms with Crippen LogP contribution in [0.2, 0.25) is 0 Å². The summed E-state index contributed by atoms with van der Waals surface area (Å²) >= 11 is 0. The van der Waals surface area contributed by atoms with E-state index in [1.807, 2.05) is 31.2 Å². The van der Waals surface area contributed by atoms with Crippen LogP contribution >= 0.6 is 0 Å². The predicted octanol–water partition coefficient (Wildman–Crippen LogP) is 4.73. The molecule has 3 rings (SSSR count). The van der Waals surface area contributed by atoms with Gasteiger partial charge in [-0.3, -0.25) is 4.79 Å². The summed E-state index contributed by atoms with van der Waals surface area (Å²) in [6.45, 7) is 3.21. The SMILES string of the molecule is Cc1cccc(CC(=O)/C=C/[C@@H]2[C@H]3CC(CCCCCN(C)C)=C[C@H]3C[C@H]2O)c1. The molecule has 1 fully saturated rings. The van der Waals surface area contributed by atoms with Crippen molar-refractivity contribution < 1.29 is 9.90 Å². The van der Waals surface area contributed by atoms with Gasteiger partial charge in [0.25, 0.3) is 0 Å². The van der Waals surface area contributed by atoms with Gasteiger partial charge in [0.2, 0.25) is 0 Å². The van der Waals surface area contributed by atoms with Crippen LogP contribution in [0.3, 0.4) is 0 Å². The monoisotopic (exact) mass is 395 g/mol. The van der Waals surface area contributed by atoms with Gasteiger partial charge in [0.15, 0.2) is 5.78 Å². The van der Waals surface area contributed by atoms with Crippen LogP contribution < -0.4 is 0 Å². The third kappa shape index (κ3) is 6.38. The number of carbonyl (C=O) groups is 1. The van der Waals surface area contributed by atoms with Gasteiger partial charge in [-0.25, -0.2) is 0 Å². The van der Waals surface area contributed by atoms with E-state index in [-0.39, 0.29) is 17.8 Å². The summed E-state index contributed by atoms with van der Waals surface area (Å²) in [6, 6.07) is 8.12. The molecule has 3 nitrogen and oxygen atoms in total. The number of aryl methyl sites for hydroxylation is 1. The Bertz CT molecular complexity index is 749. The Morgan fingerprint density at radius 1 is 1.24 bits per heavy atom. The van der Waals surface area contributed by atoms with Crippen molar-refractivity contribution in [3.05, 3.63) is 59.2 Å². The molecule has 1 N–H and O–H groups in total. The number of unbranched alkanes of at least 4 members (excludes halogenated alkanes) is 2. The topological polar surface area (TPSA) is 40.5 Å². The molecule has 2 aliphatic rings. The number of nitrogens with zero attached hydrogens (tertiary/aromatic N) is 1. The minimum Gasteiger partial charge on any atom is -0.392 e. The first kappa shape index (κ1) is 22.0. The summed E-state index contributed by atoms with van der Waals surface area (Å²) in [7, 11) is 4.26. The number of allylic oxidation sites excluding steroid dienone is 3.